The minimum atomic E-state index is -0.848. The molecule has 0 fully saturated rings. The van der Waals surface area contributed by atoms with Crippen LogP contribution in [-0.4, -0.2) is 30.7 Å². The Bertz CT molecular complexity index is 1400. The molecule has 2 heterocycles. The van der Waals surface area contributed by atoms with Crippen molar-refractivity contribution < 1.29 is 19.1 Å². The van der Waals surface area contributed by atoms with Crippen LogP contribution in [0.2, 0.25) is 0 Å². The van der Waals surface area contributed by atoms with Crippen molar-refractivity contribution in [1.29, 1.82) is 0 Å². The molecule has 0 unspecified atom stereocenters. The van der Waals surface area contributed by atoms with Crippen LogP contribution in [0.5, 0.6) is 0 Å². The predicted octanol–water partition coefficient (Wildman–Crippen LogP) is 1.16. The average molecular weight is 449 g/mol. The highest BCUT2D eigenvalue weighted by Crippen LogP contribution is 2.37. The highest BCUT2D eigenvalue weighted by atomic mass is 32.1. The molecule has 1 atom stereocenters. The van der Waals surface area contributed by atoms with E-state index in [4.69, 9.17) is 15.2 Å². The lowest BCUT2D eigenvalue weighted by molar-refractivity contribution is -0.136. The molecule has 0 aliphatic carbocycles. The first-order valence-electron chi connectivity index (χ1n) is 9.72. The summed E-state index contributed by atoms with van der Waals surface area (Å²) in [6, 6.07) is 18.3. The van der Waals surface area contributed by atoms with Gasteiger partial charge in [-0.15, -0.1) is 11.3 Å². The number of ether oxygens (including phenoxy) is 2. The number of rotatable bonds is 4. The molecule has 0 saturated heterocycles. The number of aromatic nitrogens is 1. The van der Waals surface area contributed by atoms with Crippen LogP contribution in [0.1, 0.15) is 17.0 Å². The van der Waals surface area contributed by atoms with Crippen molar-refractivity contribution in [1.82, 2.24) is 4.57 Å². The number of carbonyl (C=O) groups is 2. The lowest BCUT2D eigenvalue weighted by Gasteiger charge is -2.26. The highest BCUT2D eigenvalue weighted by molar-refractivity contribution is 7.07. The maximum absolute atomic E-state index is 13.3. The molecule has 0 amide bonds. The summed E-state index contributed by atoms with van der Waals surface area (Å²) in [5, 5.41) is 0. The van der Waals surface area contributed by atoms with E-state index in [0.29, 0.717) is 14.8 Å². The van der Waals surface area contributed by atoms with Crippen molar-refractivity contribution >= 4 is 40.7 Å². The van der Waals surface area contributed by atoms with Gasteiger partial charge in [-0.3, -0.25) is 9.36 Å². The van der Waals surface area contributed by atoms with Gasteiger partial charge in [0, 0.05) is 0 Å². The number of thiazole rings is 1. The Morgan fingerprint density at radius 2 is 1.50 bits per heavy atom. The molecule has 3 aromatic rings. The lowest BCUT2D eigenvalue weighted by Crippen LogP contribution is -2.41. The topological polar surface area (TPSA) is 101 Å². The van der Waals surface area contributed by atoms with Gasteiger partial charge in [0.1, 0.15) is 10.5 Å². The largest absolute Gasteiger partial charge is 0.466 e. The van der Waals surface area contributed by atoms with Crippen LogP contribution in [0, 0.1) is 0 Å². The maximum Gasteiger partial charge on any atom is 0.338 e. The SMILES string of the molecule is COC(=O)C1=C(N)n2c(s/c(=C\c3ccccc3)c2=O)=C(C(=O)OC)[C@@H]1c1ccccc1. The minimum absolute atomic E-state index is 0.0118. The second kappa shape index (κ2) is 8.68. The van der Waals surface area contributed by atoms with Gasteiger partial charge in [0.05, 0.1) is 35.8 Å². The van der Waals surface area contributed by atoms with E-state index >= 15 is 0 Å². The summed E-state index contributed by atoms with van der Waals surface area (Å²) >= 11 is 1.12. The van der Waals surface area contributed by atoms with Crippen molar-refractivity contribution in [3.63, 3.8) is 0 Å². The van der Waals surface area contributed by atoms with E-state index in [1.165, 1.54) is 18.8 Å². The van der Waals surface area contributed by atoms with E-state index in [1.807, 2.05) is 36.4 Å². The third kappa shape index (κ3) is 3.54. The van der Waals surface area contributed by atoms with Gasteiger partial charge in [-0.25, -0.2) is 9.59 Å². The summed E-state index contributed by atoms with van der Waals surface area (Å²) in [5.74, 6) is -2.30. The van der Waals surface area contributed by atoms with E-state index in [-0.39, 0.29) is 17.0 Å². The van der Waals surface area contributed by atoms with Crippen molar-refractivity contribution in [2.24, 2.45) is 5.73 Å². The molecule has 32 heavy (non-hydrogen) atoms. The molecule has 7 nitrogen and oxygen atoms in total. The second-order valence-electron chi connectivity index (χ2n) is 7.01. The minimum Gasteiger partial charge on any atom is -0.466 e. The Hall–Kier alpha value is -3.91. The van der Waals surface area contributed by atoms with Crippen LogP contribution in [0.4, 0.5) is 0 Å². The molecule has 1 aliphatic heterocycles. The summed E-state index contributed by atoms with van der Waals surface area (Å²) in [5.41, 5.74) is 7.58. The molecule has 1 aromatic heterocycles. The first-order valence-corrected chi connectivity index (χ1v) is 10.5. The monoisotopic (exact) mass is 448 g/mol. The number of hydrogen-bond acceptors (Lipinski definition) is 7. The Labute approximate surface area is 187 Å². The van der Waals surface area contributed by atoms with Crippen LogP contribution in [0.3, 0.4) is 0 Å². The van der Waals surface area contributed by atoms with Gasteiger partial charge in [0.2, 0.25) is 0 Å². The fourth-order valence-corrected chi connectivity index (χ4v) is 4.91. The molecule has 8 heteroatoms. The number of methoxy groups -OCH3 is 2. The number of nitrogens with two attached hydrogens (primary N) is 1. The molecular formula is C24H20N2O5S. The molecule has 2 aromatic carbocycles. The van der Waals surface area contributed by atoms with Crippen LogP contribution in [-0.2, 0) is 19.1 Å². The molecule has 1 aliphatic rings. The van der Waals surface area contributed by atoms with E-state index in [9.17, 15) is 14.4 Å². The predicted molar refractivity (Wildman–Crippen MR) is 122 cm³/mol. The molecule has 4 rings (SSSR count). The normalized spacial score (nSPS) is 16.0. The summed E-state index contributed by atoms with van der Waals surface area (Å²) in [4.78, 5) is 39.0. The highest BCUT2D eigenvalue weighted by Gasteiger charge is 2.39. The fraction of sp³-hybridized carbons (Fsp3) is 0.125. The zero-order valence-corrected chi connectivity index (χ0v) is 18.2. The molecule has 0 saturated carbocycles. The number of benzene rings is 2. The fourth-order valence-electron chi connectivity index (χ4n) is 3.74. The summed E-state index contributed by atoms with van der Waals surface area (Å²) in [7, 11) is 2.48. The van der Waals surface area contributed by atoms with Crippen molar-refractivity contribution in [3.8, 4) is 0 Å². The first kappa shape index (κ1) is 21.3. The van der Waals surface area contributed by atoms with Gasteiger partial charge < -0.3 is 15.2 Å². The summed E-state index contributed by atoms with van der Waals surface area (Å²) in [6.45, 7) is 0. The Morgan fingerprint density at radius 3 is 2.09 bits per heavy atom. The van der Waals surface area contributed by atoms with Gasteiger partial charge in [-0.1, -0.05) is 60.7 Å². The average Bonchev–Trinajstić information content (AvgIpc) is 3.15. The zero-order valence-electron chi connectivity index (χ0n) is 17.4. The third-order valence-electron chi connectivity index (χ3n) is 5.19. The standard InChI is InChI=1S/C24H20N2O5S/c1-30-23(28)18-17(15-11-7-4-8-12-15)19(24(29)31-2)22-26(20(18)25)21(27)16(32-22)13-14-9-5-3-6-10-14/h3-13,17H,25H2,1-2H3/b16-13-/t17-/m1/s1. The van der Waals surface area contributed by atoms with Crippen LogP contribution >= 0.6 is 11.3 Å². The second-order valence-corrected chi connectivity index (χ2v) is 8.04. The Morgan fingerprint density at radius 1 is 0.938 bits per heavy atom. The van der Waals surface area contributed by atoms with Gasteiger partial charge in [0.15, 0.2) is 0 Å². The number of nitrogens with zero attached hydrogens (tertiary/aromatic N) is 1. The molecule has 0 radical (unpaired) electrons. The van der Waals surface area contributed by atoms with Crippen LogP contribution in [0.15, 0.2) is 71.0 Å². The molecule has 0 spiro atoms. The Balaban J connectivity index is 2.14. The van der Waals surface area contributed by atoms with E-state index in [1.54, 1.807) is 30.3 Å². The first-order chi connectivity index (χ1) is 15.5. The van der Waals surface area contributed by atoms with E-state index < -0.39 is 23.4 Å². The number of carbonyl (C=O) groups excluding carboxylic acids is 2. The number of hydrogen-bond donors (Lipinski definition) is 1. The molecule has 162 valence electrons. The summed E-state index contributed by atoms with van der Waals surface area (Å²) < 4.78 is 11.9. The van der Waals surface area contributed by atoms with Gasteiger partial charge in [-0.2, -0.15) is 0 Å². The quantitative estimate of drug-likeness (QED) is 0.602. The number of fused-ring (bicyclic) bond motifs is 1. The molecule has 0 bridgehead atoms. The van der Waals surface area contributed by atoms with Gasteiger partial charge in [0.25, 0.3) is 5.56 Å². The third-order valence-corrected chi connectivity index (χ3v) is 6.30. The summed E-state index contributed by atoms with van der Waals surface area (Å²) in [6.07, 6.45) is 1.72. The van der Waals surface area contributed by atoms with Crippen LogP contribution in [0.25, 0.3) is 17.5 Å². The maximum atomic E-state index is 13.3. The van der Waals surface area contributed by atoms with Crippen molar-refractivity contribution in [2.75, 3.05) is 14.2 Å². The van der Waals surface area contributed by atoms with Gasteiger partial charge >= 0.3 is 11.9 Å². The molecule has 2 N–H and O–H groups in total. The molecular weight excluding hydrogens is 428 g/mol. The van der Waals surface area contributed by atoms with Crippen molar-refractivity contribution in [2.45, 2.75) is 5.92 Å². The van der Waals surface area contributed by atoms with Gasteiger partial charge in [-0.05, 0) is 17.2 Å². The van der Waals surface area contributed by atoms with E-state index in [0.717, 1.165) is 16.9 Å². The zero-order chi connectivity index (χ0) is 22.8. The van der Waals surface area contributed by atoms with E-state index in [2.05, 4.69) is 0 Å². The Kier molecular flexibility index (Phi) is 5.79. The smallest absolute Gasteiger partial charge is 0.338 e. The van der Waals surface area contributed by atoms with Crippen LogP contribution < -0.4 is 20.5 Å². The van der Waals surface area contributed by atoms with Crippen molar-refractivity contribution in [3.05, 3.63) is 96.9 Å². The number of esters is 2. The lowest BCUT2D eigenvalue weighted by atomic mass is 9.83.